The van der Waals surface area contributed by atoms with Crippen LogP contribution in [-0.2, 0) is 21.1 Å². The predicted molar refractivity (Wildman–Crippen MR) is 167 cm³/mol. The maximum Gasteiger partial charge on any atom is 0.224 e. The van der Waals surface area contributed by atoms with E-state index in [1.165, 1.54) is 12.1 Å². The molecule has 0 aliphatic rings. The van der Waals surface area contributed by atoms with Gasteiger partial charge in [-0.3, -0.25) is 14.9 Å². The van der Waals surface area contributed by atoms with Crippen molar-refractivity contribution in [2.75, 3.05) is 17.3 Å². The summed E-state index contributed by atoms with van der Waals surface area (Å²) in [5, 5.41) is 11.0. The Kier molecular flexibility index (Phi) is 7.87. The van der Waals surface area contributed by atoms with E-state index in [1.807, 2.05) is 19.1 Å². The molecule has 0 fully saturated rings. The Hall–Kier alpha value is -5.04. The molecule has 13 heteroatoms. The highest BCUT2D eigenvalue weighted by Gasteiger charge is 2.18. The number of halogens is 1. The van der Waals surface area contributed by atoms with Crippen LogP contribution in [-0.4, -0.2) is 61.5 Å². The summed E-state index contributed by atoms with van der Waals surface area (Å²) in [6.45, 7) is 2.04. The van der Waals surface area contributed by atoms with Crippen LogP contribution in [0.2, 0.25) is 0 Å². The lowest BCUT2D eigenvalue weighted by Gasteiger charge is -2.07. The van der Waals surface area contributed by atoms with Gasteiger partial charge in [-0.2, -0.15) is 5.10 Å². The molecule has 6 rings (SSSR count). The number of H-pyrrole nitrogens is 2. The first kappa shape index (κ1) is 29.1. The van der Waals surface area contributed by atoms with Gasteiger partial charge in [0, 0.05) is 48.0 Å². The van der Waals surface area contributed by atoms with E-state index in [0.29, 0.717) is 62.5 Å². The molecule has 11 nitrogen and oxygen atoms in total. The van der Waals surface area contributed by atoms with Crippen LogP contribution in [0.4, 0.5) is 10.1 Å². The van der Waals surface area contributed by atoms with Crippen molar-refractivity contribution >= 4 is 43.6 Å². The van der Waals surface area contributed by atoms with E-state index in [4.69, 9.17) is 0 Å². The summed E-state index contributed by atoms with van der Waals surface area (Å²) in [7, 11) is -3.20. The van der Waals surface area contributed by atoms with Gasteiger partial charge in [-0.25, -0.2) is 27.8 Å². The van der Waals surface area contributed by atoms with E-state index in [-0.39, 0.29) is 18.1 Å². The molecule has 5 heterocycles. The van der Waals surface area contributed by atoms with Gasteiger partial charge in [0.05, 0.1) is 28.5 Å². The maximum atomic E-state index is 14.6. The van der Waals surface area contributed by atoms with E-state index in [2.05, 4.69) is 40.4 Å². The third-order valence-corrected chi connectivity index (χ3v) is 8.13. The minimum atomic E-state index is -3.20. The normalized spacial score (nSPS) is 11.8. The van der Waals surface area contributed by atoms with Gasteiger partial charge in [0.25, 0.3) is 0 Å². The lowest BCUT2D eigenvalue weighted by molar-refractivity contribution is -0.116. The van der Waals surface area contributed by atoms with Gasteiger partial charge >= 0.3 is 0 Å². The molecule has 0 aliphatic heterocycles. The molecule has 224 valence electrons. The fraction of sp³-hybridized carbons (Fsp3) is 0.226. The molecule has 0 atom stereocenters. The smallest absolute Gasteiger partial charge is 0.224 e. The van der Waals surface area contributed by atoms with Crippen molar-refractivity contribution in [3.05, 3.63) is 72.6 Å². The highest BCUT2D eigenvalue weighted by atomic mass is 32.2. The first-order valence-corrected chi connectivity index (χ1v) is 16.1. The molecule has 1 aromatic carbocycles. The Labute approximate surface area is 252 Å². The summed E-state index contributed by atoms with van der Waals surface area (Å²) >= 11 is 0. The number of benzene rings is 1. The maximum absolute atomic E-state index is 14.6. The Bertz CT molecular complexity index is 2120. The van der Waals surface area contributed by atoms with E-state index in [9.17, 15) is 17.6 Å². The van der Waals surface area contributed by atoms with Gasteiger partial charge in [0.2, 0.25) is 5.91 Å². The number of unbranched alkanes of at least 4 members (excludes halogenated alkanes) is 1. The Morgan fingerprint density at radius 2 is 1.84 bits per heavy atom. The lowest BCUT2D eigenvalue weighted by Crippen LogP contribution is -2.11. The number of hydrogen-bond donors (Lipinski definition) is 3. The third-order valence-electron chi connectivity index (χ3n) is 7.18. The SMILES string of the molecule is CCCCC(=O)Nc1cncc(-c2cnc3n[nH]c(-c4nc5nccc(-c6cc(F)cc(CCS(C)(=O)=O)c6)c5[nH]4)c3c2)c1. The summed E-state index contributed by atoms with van der Waals surface area (Å²) in [4.78, 5) is 33.4. The summed E-state index contributed by atoms with van der Waals surface area (Å²) in [6, 6.07) is 10.0. The molecule has 1 amide bonds. The number of imidazole rings is 1. The van der Waals surface area contributed by atoms with Gasteiger partial charge in [0.15, 0.2) is 17.1 Å². The van der Waals surface area contributed by atoms with Crippen LogP contribution in [0.1, 0.15) is 31.7 Å². The van der Waals surface area contributed by atoms with Gasteiger partial charge in [-0.15, -0.1) is 0 Å². The zero-order valence-corrected chi connectivity index (χ0v) is 24.9. The molecule has 0 saturated carbocycles. The number of sulfone groups is 1. The molecule has 3 N–H and O–H groups in total. The van der Waals surface area contributed by atoms with Crippen molar-refractivity contribution < 1.29 is 17.6 Å². The third kappa shape index (κ3) is 6.32. The Balaban J connectivity index is 1.35. The van der Waals surface area contributed by atoms with E-state index in [1.54, 1.807) is 36.9 Å². The number of rotatable bonds is 10. The van der Waals surface area contributed by atoms with Crippen LogP contribution in [0.15, 0.2) is 61.2 Å². The van der Waals surface area contributed by atoms with Crippen molar-refractivity contribution in [2.45, 2.75) is 32.6 Å². The first-order chi connectivity index (χ1) is 21.2. The molecule has 5 aromatic heterocycles. The van der Waals surface area contributed by atoms with Gasteiger partial charge < -0.3 is 10.3 Å². The number of aromatic amines is 2. The molecular formula is C31H29FN8O3S. The number of hydrogen-bond acceptors (Lipinski definition) is 8. The molecule has 44 heavy (non-hydrogen) atoms. The van der Waals surface area contributed by atoms with Crippen LogP contribution >= 0.6 is 0 Å². The quantitative estimate of drug-likeness (QED) is 0.183. The fourth-order valence-corrected chi connectivity index (χ4v) is 5.59. The largest absolute Gasteiger partial charge is 0.335 e. The summed E-state index contributed by atoms with van der Waals surface area (Å²) in [5.41, 5.74) is 6.03. The highest BCUT2D eigenvalue weighted by Crippen LogP contribution is 2.33. The number of pyridine rings is 3. The Morgan fingerprint density at radius 3 is 2.66 bits per heavy atom. The van der Waals surface area contributed by atoms with Crippen LogP contribution < -0.4 is 5.32 Å². The van der Waals surface area contributed by atoms with E-state index < -0.39 is 15.7 Å². The zero-order valence-electron chi connectivity index (χ0n) is 24.1. The number of fused-ring (bicyclic) bond motifs is 2. The molecule has 0 unspecified atom stereocenters. The number of carbonyl (C=O) groups excluding carboxylic acids is 1. The number of nitrogens with zero attached hydrogens (tertiary/aromatic N) is 5. The number of nitrogens with one attached hydrogen (secondary N) is 3. The second kappa shape index (κ2) is 11.9. The summed E-state index contributed by atoms with van der Waals surface area (Å²) < 4.78 is 38.0. The number of anilines is 1. The van der Waals surface area contributed by atoms with E-state index >= 15 is 0 Å². The number of amides is 1. The number of aromatic nitrogens is 7. The summed E-state index contributed by atoms with van der Waals surface area (Å²) in [5.74, 6) is -0.136. The fourth-order valence-electron chi connectivity index (χ4n) is 4.99. The van der Waals surface area contributed by atoms with Crippen LogP contribution in [0.3, 0.4) is 0 Å². The van der Waals surface area contributed by atoms with Gasteiger partial charge in [-0.1, -0.05) is 19.4 Å². The summed E-state index contributed by atoms with van der Waals surface area (Å²) in [6.07, 6.45) is 10.1. The molecule has 0 bridgehead atoms. The average molecular weight is 613 g/mol. The molecular weight excluding hydrogens is 583 g/mol. The van der Waals surface area contributed by atoms with Crippen molar-refractivity contribution in [1.82, 2.24) is 35.1 Å². The molecule has 0 radical (unpaired) electrons. The van der Waals surface area contributed by atoms with Gasteiger partial charge in [-0.05, 0) is 54.3 Å². The van der Waals surface area contributed by atoms with Gasteiger partial charge in [0.1, 0.15) is 21.3 Å². The Morgan fingerprint density at radius 1 is 1.00 bits per heavy atom. The van der Waals surface area contributed by atoms with Crippen LogP contribution in [0.5, 0.6) is 0 Å². The van der Waals surface area contributed by atoms with Crippen molar-refractivity contribution in [1.29, 1.82) is 0 Å². The van der Waals surface area contributed by atoms with Crippen molar-refractivity contribution in [3.63, 3.8) is 0 Å². The molecule has 0 saturated heterocycles. The van der Waals surface area contributed by atoms with Crippen molar-refractivity contribution in [2.24, 2.45) is 0 Å². The minimum absolute atomic E-state index is 0.0577. The second-order valence-electron chi connectivity index (χ2n) is 10.7. The standard InChI is InChI=1S/C31H29FN8O3S/c1-3-4-5-26(41)36-23-13-20(15-33-17-23)21-14-25-28(39-40-29(25)35-16-21)31-37-27-24(6-8-34-30(27)38-31)19-10-18(11-22(32)12-19)7-9-44(2,42)43/h6,8,10-17H,3-5,7,9H2,1-2H3,(H,36,41)(H,34,37,38)(H,35,39,40). The van der Waals surface area contributed by atoms with Crippen LogP contribution in [0.25, 0.3) is 56.0 Å². The van der Waals surface area contributed by atoms with E-state index in [0.717, 1.165) is 30.2 Å². The highest BCUT2D eigenvalue weighted by molar-refractivity contribution is 7.90. The minimum Gasteiger partial charge on any atom is -0.335 e. The molecule has 0 aliphatic carbocycles. The number of aryl methyl sites for hydroxylation is 1. The lowest BCUT2D eigenvalue weighted by atomic mass is 10.0. The van der Waals surface area contributed by atoms with Crippen molar-refractivity contribution in [3.8, 4) is 33.8 Å². The zero-order chi connectivity index (χ0) is 30.8. The predicted octanol–water partition coefficient (Wildman–Crippen LogP) is 5.48. The topological polar surface area (TPSA) is 159 Å². The average Bonchev–Trinajstić information content (AvgIpc) is 3.62. The number of carbonyl (C=O) groups is 1. The molecule has 0 spiro atoms. The monoisotopic (exact) mass is 612 g/mol. The second-order valence-corrected chi connectivity index (χ2v) is 12.9. The molecule has 6 aromatic rings. The van der Waals surface area contributed by atoms with Crippen LogP contribution in [0, 0.1) is 5.82 Å². The first-order valence-electron chi connectivity index (χ1n) is 14.1.